The van der Waals surface area contributed by atoms with Crippen LogP contribution in [-0.2, 0) is 19.7 Å². The van der Waals surface area contributed by atoms with Gasteiger partial charge in [0.1, 0.15) is 6.04 Å². The maximum atomic E-state index is 11.9. The smallest absolute Gasteiger partial charge is 0.324 e. The highest BCUT2D eigenvalue weighted by atomic mass is 32.2. The summed E-state index contributed by atoms with van der Waals surface area (Å²) in [6.45, 7) is 0.686. The molecule has 7 nitrogen and oxygen atoms in total. The van der Waals surface area contributed by atoms with E-state index in [1.807, 2.05) is 0 Å². The second kappa shape index (κ2) is 6.29. The topological polar surface area (TPSA) is 95.9 Å². The maximum Gasteiger partial charge on any atom is 0.324 e. The van der Waals surface area contributed by atoms with Gasteiger partial charge in [-0.3, -0.25) is 4.79 Å². The summed E-state index contributed by atoms with van der Waals surface area (Å²) < 4.78 is 31.8. The number of piperidine rings is 1. The lowest BCUT2D eigenvalue weighted by Crippen LogP contribution is -2.51. The highest BCUT2D eigenvalue weighted by molar-refractivity contribution is 7.87. The first-order chi connectivity index (χ1) is 7.97. The van der Waals surface area contributed by atoms with E-state index in [-0.39, 0.29) is 6.61 Å². The number of carbonyl (C=O) groups is 1. The molecule has 0 aromatic carbocycles. The molecule has 2 N–H and O–H groups in total. The van der Waals surface area contributed by atoms with Crippen LogP contribution in [0.1, 0.15) is 19.3 Å². The van der Waals surface area contributed by atoms with Crippen LogP contribution < -0.4 is 4.72 Å². The van der Waals surface area contributed by atoms with Gasteiger partial charge in [0, 0.05) is 20.2 Å². The van der Waals surface area contributed by atoms with Crippen molar-refractivity contribution in [3.05, 3.63) is 0 Å². The molecule has 0 aliphatic carbocycles. The zero-order chi connectivity index (χ0) is 12.9. The zero-order valence-electron chi connectivity index (χ0n) is 9.76. The largest absolute Gasteiger partial charge is 0.480 e. The summed E-state index contributed by atoms with van der Waals surface area (Å²) in [5, 5.41) is 8.84. The fourth-order valence-electron chi connectivity index (χ4n) is 1.68. The number of nitrogens with one attached hydrogen (secondary N) is 1. The molecule has 1 rings (SSSR count). The minimum absolute atomic E-state index is 0.192. The van der Waals surface area contributed by atoms with E-state index < -0.39 is 22.2 Å². The molecule has 0 spiro atoms. The van der Waals surface area contributed by atoms with Gasteiger partial charge in [-0.15, -0.1) is 0 Å². The second-order valence-corrected chi connectivity index (χ2v) is 5.63. The normalized spacial score (nSPS) is 20.1. The molecule has 0 amide bonds. The quantitative estimate of drug-likeness (QED) is 0.669. The number of hydrogen-bond acceptors (Lipinski definition) is 4. The second-order valence-electron chi connectivity index (χ2n) is 3.93. The number of ether oxygens (including phenoxy) is 1. The van der Waals surface area contributed by atoms with Crippen molar-refractivity contribution in [3.63, 3.8) is 0 Å². The monoisotopic (exact) mass is 266 g/mol. The van der Waals surface area contributed by atoms with Crippen LogP contribution in [0.25, 0.3) is 0 Å². The minimum atomic E-state index is -3.73. The van der Waals surface area contributed by atoms with E-state index in [2.05, 4.69) is 9.46 Å². The van der Waals surface area contributed by atoms with Gasteiger partial charge in [0.25, 0.3) is 10.2 Å². The fraction of sp³-hybridized carbons (Fsp3) is 0.889. The summed E-state index contributed by atoms with van der Waals surface area (Å²) in [4.78, 5) is 10.8. The molecule has 0 radical (unpaired) electrons. The summed E-state index contributed by atoms with van der Waals surface area (Å²) in [6, 6.07) is -1.24. The van der Waals surface area contributed by atoms with Crippen molar-refractivity contribution in [2.75, 3.05) is 26.8 Å². The van der Waals surface area contributed by atoms with Crippen molar-refractivity contribution in [1.29, 1.82) is 0 Å². The summed E-state index contributed by atoms with van der Waals surface area (Å²) in [6.07, 6.45) is 2.62. The molecule has 1 saturated heterocycles. The number of carboxylic acids is 1. The van der Waals surface area contributed by atoms with Gasteiger partial charge in [-0.2, -0.15) is 17.4 Å². The first-order valence-corrected chi connectivity index (χ1v) is 6.90. The lowest BCUT2D eigenvalue weighted by atomic mass is 10.2. The van der Waals surface area contributed by atoms with Gasteiger partial charge in [-0.25, -0.2) is 0 Å². The highest BCUT2D eigenvalue weighted by Crippen LogP contribution is 2.12. The summed E-state index contributed by atoms with van der Waals surface area (Å²) in [5.41, 5.74) is 0. The van der Waals surface area contributed by atoms with Crippen molar-refractivity contribution in [3.8, 4) is 0 Å². The standard InChI is InChI=1S/C9H18N2O5S/c1-16-7-8(9(12)13)10-17(14,15)11-5-3-2-4-6-11/h8,10H,2-7H2,1H3,(H,12,13). The van der Waals surface area contributed by atoms with Crippen LogP contribution in [-0.4, -0.2) is 56.6 Å². The van der Waals surface area contributed by atoms with Crippen molar-refractivity contribution >= 4 is 16.2 Å². The molecule has 8 heteroatoms. The molecule has 1 fully saturated rings. The maximum absolute atomic E-state index is 11.9. The molecule has 1 aliphatic heterocycles. The van der Waals surface area contributed by atoms with E-state index in [0.29, 0.717) is 13.1 Å². The lowest BCUT2D eigenvalue weighted by Gasteiger charge is -2.27. The van der Waals surface area contributed by atoms with Crippen LogP contribution in [0, 0.1) is 0 Å². The number of nitrogens with zero attached hydrogens (tertiary/aromatic N) is 1. The van der Waals surface area contributed by atoms with E-state index in [9.17, 15) is 13.2 Å². The predicted octanol–water partition coefficient (Wildman–Crippen LogP) is -0.594. The first kappa shape index (κ1) is 14.4. The van der Waals surface area contributed by atoms with Gasteiger partial charge in [0.05, 0.1) is 6.61 Å². The molecule has 0 aromatic heterocycles. The molecule has 1 heterocycles. The number of hydrogen-bond donors (Lipinski definition) is 2. The Hall–Kier alpha value is -0.700. The van der Waals surface area contributed by atoms with Gasteiger partial charge in [-0.05, 0) is 12.8 Å². The Morgan fingerprint density at radius 3 is 2.47 bits per heavy atom. The van der Waals surface area contributed by atoms with E-state index >= 15 is 0 Å². The molecule has 0 saturated carbocycles. The number of aliphatic carboxylic acids is 1. The number of methoxy groups -OCH3 is 1. The predicted molar refractivity (Wildman–Crippen MR) is 60.8 cm³/mol. The van der Waals surface area contributed by atoms with Crippen LogP contribution in [0.4, 0.5) is 0 Å². The Morgan fingerprint density at radius 2 is 2.00 bits per heavy atom. The average Bonchev–Trinajstić information content (AvgIpc) is 2.29. The molecule has 1 atom stereocenters. The van der Waals surface area contributed by atoms with Crippen LogP contribution in [0.15, 0.2) is 0 Å². The van der Waals surface area contributed by atoms with Crippen LogP contribution >= 0.6 is 0 Å². The third-order valence-electron chi connectivity index (χ3n) is 2.58. The molecule has 0 bridgehead atoms. The number of carboxylic acid groups (broad SMARTS) is 1. The van der Waals surface area contributed by atoms with E-state index in [0.717, 1.165) is 19.3 Å². The third kappa shape index (κ3) is 4.23. The molecule has 0 aromatic rings. The van der Waals surface area contributed by atoms with Gasteiger partial charge in [0.2, 0.25) is 0 Å². The van der Waals surface area contributed by atoms with Gasteiger partial charge in [0.15, 0.2) is 0 Å². The molecular weight excluding hydrogens is 248 g/mol. The van der Waals surface area contributed by atoms with Gasteiger partial charge in [-0.1, -0.05) is 6.42 Å². The Kier molecular flexibility index (Phi) is 5.31. The van der Waals surface area contributed by atoms with Crippen molar-refractivity contribution in [2.45, 2.75) is 25.3 Å². The van der Waals surface area contributed by atoms with Crippen LogP contribution in [0.3, 0.4) is 0 Å². The van der Waals surface area contributed by atoms with Crippen molar-refractivity contribution < 1.29 is 23.1 Å². The average molecular weight is 266 g/mol. The summed E-state index contributed by atoms with van der Waals surface area (Å²) in [7, 11) is -2.40. The molecular formula is C9H18N2O5S. The minimum Gasteiger partial charge on any atom is -0.480 e. The third-order valence-corrected chi connectivity index (χ3v) is 4.20. The van der Waals surface area contributed by atoms with Crippen LogP contribution in [0.5, 0.6) is 0 Å². The number of rotatable bonds is 6. The van der Waals surface area contributed by atoms with Crippen molar-refractivity contribution in [2.24, 2.45) is 0 Å². The first-order valence-electron chi connectivity index (χ1n) is 5.46. The lowest BCUT2D eigenvalue weighted by molar-refractivity contribution is -0.140. The van der Waals surface area contributed by atoms with Crippen molar-refractivity contribution in [1.82, 2.24) is 9.03 Å². The molecule has 1 unspecified atom stereocenters. The SMILES string of the molecule is COCC(NS(=O)(=O)N1CCCCC1)C(=O)O. The Balaban J connectivity index is 2.65. The van der Waals surface area contributed by atoms with E-state index in [1.165, 1.54) is 11.4 Å². The summed E-state index contributed by atoms with van der Waals surface area (Å²) in [5.74, 6) is -1.24. The summed E-state index contributed by atoms with van der Waals surface area (Å²) >= 11 is 0. The van der Waals surface area contributed by atoms with Crippen LogP contribution in [0.2, 0.25) is 0 Å². The molecule has 1 aliphatic rings. The Morgan fingerprint density at radius 1 is 1.41 bits per heavy atom. The Bertz CT molecular complexity index is 350. The van der Waals surface area contributed by atoms with E-state index in [1.54, 1.807) is 0 Å². The Labute approximate surface area is 101 Å². The molecule has 100 valence electrons. The highest BCUT2D eigenvalue weighted by Gasteiger charge is 2.29. The zero-order valence-corrected chi connectivity index (χ0v) is 10.6. The molecule has 17 heavy (non-hydrogen) atoms. The van der Waals surface area contributed by atoms with Gasteiger partial charge >= 0.3 is 5.97 Å². The van der Waals surface area contributed by atoms with E-state index in [4.69, 9.17) is 5.11 Å². The van der Waals surface area contributed by atoms with Gasteiger partial charge < -0.3 is 9.84 Å². The fourth-order valence-corrected chi connectivity index (χ4v) is 3.10.